The normalized spacial score (nSPS) is 13.6. The maximum Gasteiger partial charge on any atom is 0.416 e. The maximum atomic E-state index is 13.2. The van der Waals surface area contributed by atoms with Crippen molar-refractivity contribution in [2.75, 3.05) is 11.9 Å². The minimum atomic E-state index is -4.70. The topological polar surface area (TPSA) is 32.3 Å². The summed E-state index contributed by atoms with van der Waals surface area (Å²) in [5.41, 5.74) is 0.605. The lowest BCUT2D eigenvalue weighted by atomic mass is 10.2. The first kappa shape index (κ1) is 12.8. The first-order chi connectivity index (χ1) is 7.30. The fourth-order valence-electron chi connectivity index (χ4n) is 1.09. The monoisotopic (exact) mass is 237 g/mol. The number of rotatable bonds is 3. The highest BCUT2D eigenvalue weighted by Gasteiger charge is 2.37. The molecule has 2 N–H and O–H groups in total. The third-order valence-corrected chi connectivity index (χ3v) is 1.99. The number of hydrogen-bond donors (Lipinski definition) is 2. The van der Waals surface area contributed by atoms with Crippen LogP contribution in [0.25, 0.3) is 0 Å². The van der Waals surface area contributed by atoms with Crippen molar-refractivity contribution >= 4 is 5.69 Å². The molecule has 16 heavy (non-hydrogen) atoms. The van der Waals surface area contributed by atoms with Gasteiger partial charge in [-0.15, -0.1) is 0 Å². The molecule has 0 heterocycles. The van der Waals surface area contributed by atoms with E-state index in [-0.39, 0.29) is 5.69 Å². The number of aryl methyl sites for hydroxylation is 1. The Balaban J connectivity index is 2.62. The summed E-state index contributed by atoms with van der Waals surface area (Å²) in [7, 11) is 0. The highest BCUT2D eigenvalue weighted by atomic mass is 19.4. The van der Waals surface area contributed by atoms with Gasteiger partial charge in [0, 0.05) is 6.54 Å². The van der Waals surface area contributed by atoms with Gasteiger partial charge in [-0.2, -0.15) is 13.2 Å². The van der Waals surface area contributed by atoms with Gasteiger partial charge in [0.1, 0.15) is 5.82 Å². The Morgan fingerprint density at radius 1 is 1.38 bits per heavy atom. The zero-order chi connectivity index (χ0) is 12.3. The molecule has 0 fully saturated rings. The van der Waals surface area contributed by atoms with Crippen LogP contribution in [0.4, 0.5) is 23.2 Å². The SMILES string of the molecule is Cc1ccc(NCC(O)C(F)(F)F)c(F)c1. The second-order valence-electron chi connectivity index (χ2n) is 3.42. The number of halogens is 4. The summed E-state index contributed by atoms with van der Waals surface area (Å²) in [5, 5.41) is 10.9. The van der Waals surface area contributed by atoms with E-state index in [1.54, 1.807) is 13.0 Å². The minimum absolute atomic E-state index is 0.0612. The van der Waals surface area contributed by atoms with Crippen molar-refractivity contribution < 1.29 is 22.7 Å². The molecule has 1 rings (SSSR count). The predicted molar refractivity (Wildman–Crippen MR) is 51.7 cm³/mol. The summed E-state index contributed by atoms with van der Waals surface area (Å²) in [4.78, 5) is 0. The van der Waals surface area contributed by atoms with Gasteiger partial charge < -0.3 is 10.4 Å². The van der Waals surface area contributed by atoms with E-state index >= 15 is 0 Å². The molecule has 0 amide bonds. The minimum Gasteiger partial charge on any atom is -0.382 e. The first-order valence-electron chi connectivity index (χ1n) is 4.55. The van der Waals surface area contributed by atoms with Crippen molar-refractivity contribution in [1.29, 1.82) is 0 Å². The van der Waals surface area contributed by atoms with Crippen LogP contribution < -0.4 is 5.32 Å². The fourth-order valence-corrected chi connectivity index (χ4v) is 1.09. The third-order valence-electron chi connectivity index (χ3n) is 1.99. The Hall–Kier alpha value is -1.30. The molecule has 2 nitrogen and oxygen atoms in total. The Labute approximate surface area is 89.9 Å². The molecule has 0 aromatic heterocycles. The largest absolute Gasteiger partial charge is 0.416 e. The lowest BCUT2D eigenvalue weighted by molar-refractivity contribution is -0.198. The number of aliphatic hydroxyl groups excluding tert-OH is 1. The van der Waals surface area contributed by atoms with Gasteiger partial charge in [-0.25, -0.2) is 4.39 Å². The molecule has 0 aliphatic rings. The van der Waals surface area contributed by atoms with E-state index in [9.17, 15) is 17.6 Å². The third kappa shape index (κ3) is 3.37. The number of anilines is 1. The van der Waals surface area contributed by atoms with E-state index in [0.717, 1.165) is 0 Å². The van der Waals surface area contributed by atoms with E-state index in [0.29, 0.717) is 5.56 Å². The lowest BCUT2D eigenvalue weighted by Gasteiger charge is -2.16. The van der Waals surface area contributed by atoms with Crippen LogP contribution in [0.3, 0.4) is 0 Å². The first-order valence-corrected chi connectivity index (χ1v) is 4.55. The van der Waals surface area contributed by atoms with Crippen LogP contribution in [-0.2, 0) is 0 Å². The Morgan fingerprint density at radius 3 is 2.50 bits per heavy atom. The van der Waals surface area contributed by atoms with Crippen molar-refractivity contribution in [3.63, 3.8) is 0 Å². The quantitative estimate of drug-likeness (QED) is 0.791. The van der Waals surface area contributed by atoms with Gasteiger partial charge >= 0.3 is 6.18 Å². The Morgan fingerprint density at radius 2 is 2.00 bits per heavy atom. The fraction of sp³-hybridized carbons (Fsp3) is 0.400. The van der Waals surface area contributed by atoms with E-state index in [2.05, 4.69) is 5.32 Å². The zero-order valence-corrected chi connectivity index (χ0v) is 8.48. The van der Waals surface area contributed by atoms with Crippen LogP contribution in [0.1, 0.15) is 5.56 Å². The Bertz CT molecular complexity index is 364. The van der Waals surface area contributed by atoms with Crippen molar-refractivity contribution in [3.05, 3.63) is 29.6 Å². The second-order valence-corrected chi connectivity index (χ2v) is 3.42. The summed E-state index contributed by atoms with van der Waals surface area (Å²) in [6.07, 6.45) is -7.21. The molecule has 0 spiro atoms. The highest BCUT2D eigenvalue weighted by Crippen LogP contribution is 2.21. The average Bonchev–Trinajstić information content (AvgIpc) is 2.14. The number of hydrogen-bond acceptors (Lipinski definition) is 2. The molecule has 0 saturated heterocycles. The Kier molecular flexibility index (Phi) is 3.74. The van der Waals surface area contributed by atoms with Gasteiger partial charge in [0.05, 0.1) is 5.69 Å². The van der Waals surface area contributed by atoms with Gasteiger partial charge in [-0.3, -0.25) is 0 Å². The summed E-state index contributed by atoms with van der Waals surface area (Å²) < 4.78 is 49.0. The predicted octanol–water partition coefficient (Wildman–Crippen LogP) is 2.47. The number of alkyl halides is 3. The van der Waals surface area contributed by atoms with Crippen LogP contribution in [0.15, 0.2) is 18.2 Å². The summed E-state index contributed by atoms with van der Waals surface area (Å²) in [6.45, 7) is 0.890. The maximum absolute atomic E-state index is 13.2. The summed E-state index contributed by atoms with van der Waals surface area (Å²) in [6, 6.07) is 4.08. The van der Waals surface area contributed by atoms with Gasteiger partial charge in [0.25, 0.3) is 0 Å². The van der Waals surface area contributed by atoms with Crippen molar-refractivity contribution in [2.45, 2.75) is 19.2 Å². The molecule has 1 aromatic carbocycles. The standard InChI is InChI=1S/C10H11F4NO/c1-6-2-3-8(7(11)4-6)15-5-9(16)10(12,13)14/h2-4,9,15-16H,5H2,1H3. The van der Waals surface area contributed by atoms with Gasteiger partial charge in [-0.1, -0.05) is 6.07 Å². The second kappa shape index (κ2) is 4.69. The highest BCUT2D eigenvalue weighted by molar-refractivity contribution is 5.46. The smallest absolute Gasteiger partial charge is 0.382 e. The molecule has 0 saturated carbocycles. The van der Waals surface area contributed by atoms with Crippen LogP contribution in [0.2, 0.25) is 0 Å². The molecule has 0 aliphatic heterocycles. The number of benzene rings is 1. The average molecular weight is 237 g/mol. The van der Waals surface area contributed by atoms with Crippen molar-refractivity contribution in [3.8, 4) is 0 Å². The molecular weight excluding hydrogens is 226 g/mol. The molecule has 0 bridgehead atoms. The van der Waals surface area contributed by atoms with Gasteiger partial charge in [0.2, 0.25) is 0 Å². The van der Waals surface area contributed by atoms with Gasteiger partial charge in [-0.05, 0) is 24.6 Å². The molecular formula is C10H11F4NO. The molecule has 90 valence electrons. The van der Waals surface area contributed by atoms with Crippen molar-refractivity contribution in [1.82, 2.24) is 0 Å². The number of nitrogens with one attached hydrogen (secondary N) is 1. The van der Waals surface area contributed by atoms with E-state index in [4.69, 9.17) is 5.11 Å². The molecule has 1 aromatic rings. The van der Waals surface area contributed by atoms with E-state index in [1.807, 2.05) is 0 Å². The van der Waals surface area contributed by atoms with Crippen molar-refractivity contribution in [2.24, 2.45) is 0 Å². The summed E-state index contributed by atoms with van der Waals surface area (Å²) >= 11 is 0. The van der Waals surface area contributed by atoms with Crippen LogP contribution >= 0.6 is 0 Å². The van der Waals surface area contributed by atoms with Gasteiger partial charge in [0.15, 0.2) is 6.10 Å². The molecule has 1 atom stereocenters. The zero-order valence-electron chi connectivity index (χ0n) is 8.48. The molecule has 0 aliphatic carbocycles. The molecule has 6 heteroatoms. The van der Waals surface area contributed by atoms with Crippen LogP contribution in [0, 0.1) is 12.7 Å². The van der Waals surface area contributed by atoms with Crippen LogP contribution in [0.5, 0.6) is 0 Å². The summed E-state index contributed by atoms with van der Waals surface area (Å²) in [5.74, 6) is -0.644. The molecule has 0 radical (unpaired) electrons. The van der Waals surface area contributed by atoms with E-state index < -0.39 is 24.6 Å². The van der Waals surface area contributed by atoms with E-state index in [1.165, 1.54) is 12.1 Å². The number of aliphatic hydroxyl groups is 1. The molecule has 1 unspecified atom stereocenters. The lowest BCUT2D eigenvalue weighted by Crippen LogP contribution is -2.35. The van der Waals surface area contributed by atoms with Crippen LogP contribution in [-0.4, -0.2) is 23.9 Å².